The van der Waals surface area contributed by atoms with Crippen LogP contribution in [0.5, 0.6) is 0 Å². The molecule has 2 bridgehead atoms. The minimum absolute atomic E-state index is 0.578. The highest BCUT2D eigenvalue weighted by molar-refractivity contribution is 5.57. The van der Waals surface area contributed by atoms with Crippen LogP contribution in [0.15, 0.2) is 18.5 Å². The summed E-state index contributed by atoms with van der Waals surface area (Å²) in [4.78, 5) is 6.46. The highest BCUT2D eigenvalue weighted by atomic mass is 15.2. The number of nitriles is 1. The van der Waals surface area contributed by atoms with Gasteiger partial charge in [0, 0.05) is 31.4 Å². The molecule has 88 valence electrons. The van der Waals surface area contributed by atoms with Gasteiger partial charge in [0.2, 0.25) is 0 Å². The quantitative estimate of drug-likeness (QED) is 0.786. The maximum absolute atomic E-state index is 9.13. The second-order valence-electron chi connectivity index (χ2n) is 4.88. The fourth-order valence-electron chi connectivity index (χ4n) is 2.89. The number of nitrogens with zero attached hydrogens (tertiary/aromatic N) is 3. The minimum Gasteiger partial charge on any atom is -0.368 e. The molecular formula is C13H16N4. The van der Waals surface area contributed by atoms with Gasteiger partial charge in [-0.15, -0.1) is 0 Å². The first kappa shape index (κ1) is 10.5. The predicted molar refractivity (Wildman–Crippen MR) is 65.7 cm³/mol. The van der Waals surface area contributed by atoms with Crippen LogP contribution in [0.2, 0.25) is 0 Å². The first-order valence-corrected chi connectivity index (χ1v) is 6.22. The summed E-state index contributed by atoms with van der Waals surface area (Å²) in [6, 6.07) is 5.30. The van der Waals surface area contributed by atoms with Crippen LogP contribution in [0, 0.1) is 11.3 Å². The predicted octanol–water partition coefficient (Wildman–Crippen LogP) is 1.28. The summed E-state index contributed by atoms with van der Waals surface area (Å²) in [5.41, 5.74) is 1.72. The van der Waals surface area contributed by atoms with E-state index in [0.29, 0.717) is 12.1 Å². The van der Waals surface area contributed by atoms with Gasteiger partial charge in [-0.05, 0) is 25.3 Å². The lowest BCUT2D eigenvalue weighted by atomic mass is 10.1. The molecule has 1 N–H and O–H groups in total. The van der Waals surface area contributed by atoms with Crippen molar-refractivity contribution in [2.75, 3.05) is 18.0 Å². The zero-order chi connectivity index (χ0) is 11.7. The van der Waals surface area contributed by atoms with Crippen molar-refractivity contribution >= 4 is 5.69 Å². The third kappa shape index (κ3) is 1.98. The summed E-state index contributed by atoms with van der Waals surface area (Å²) in [5.74, 6) is 0. The Morgan fingerprint density at radius 1 is 1.35 bits per heavy atom. The van der Waals surface area contributed by atoms with Gasteiger partial charge in [-0.1, -0.05) is 0 Å². The third-order valence-corrected chi connectivity index (χ3v) is 3.78. The van der Waals surface area contributed by atoms with Crippen molar-refractivity contribution in [2.24, 2.45) is 0 Å². The van der Waals surface area contributed by atoms with E-state index in [0.717, 1.165) is 30.8 Å². The lowest BCUT2D eigenvalue weighted by molar-refractivity contribution is 0.563. The molecule has 2 aliphatic heterocycles. The van der Waals surface area contributed by atoms with Gasteiger partial charge in [0.25, 0.3) is 0 Å². The van der Waals surface area contributed by atoms with Crippen molar-refractivity contribution in [3.05, 3.63) is 24.0 Å². The Hall–Kier alpha value is -1.60. The van der Waals surface area contributed by atoms with Crippen LogP contribution in [0.4, 0.5) is 5.69 Å². The Labute approximate surface area is 101 Å². The average Bonchev–Trinajstić information content (AvgIpc) is 2.69. The van der Waals surface area contributed by atoms with Crippen molar-refractivity contribution in [2.45, 2.75) is 31.3 Å². The zero-order valence-corrected chi connectivity index (χ0v) is 9.76. The van der Waals surface area contributed by atoms with Crippen molar-refractivity contribution in [1.29, 1.82) is 5.26 Å². The number of anilines is 1. The molecule has 2 unspecified atom stereocenters. The number of fused-ring (bicyclic) bond motifs is 2. The molecule has 3 heterocycles. The molecule has 2 aliphatic rings. The van der Waals surface area contributed by atoms with Crippen LogP contribution >= 0.6 is 0 Å². The molecule has 2 saturated heterocycles. The number of nitrogens with one attached hydrogen (secondary N) is 1. The number of hydrogen-bond acceptors (Lipinski definition) is 4. The molecule has 2 atom stereocenters. The molecule has 4 heteroatoms. The van der Waals surface area contributed by atoms with Crippen LogP contribution in [-0.2, 0) is 0 Å². The molecule has 0 spiro atoms. The van der Waals surface area contributed by atoms with Crippen LogP contribution in [0.1, 0.15) is 24.8 Å². The number of hydrogen-bond donors (Lipinski definition) is 1. The molecule has 0 aromatic carbocycles. The Morgan fingerprint density at radius 3 is 3.12 bits per heavy atom. The van der Waals surface area contributed by atoms with Crippen molar-refractivity contribution in [1.82, 2.24) is 10.3 Å². The smallest absolute Gasteiger partial charge is 0.101 e. The van der Waals surface area contributed by atoms with E-state index in [1.165, 1.54) is 12.8 Å². The summed E-state index contributed by atoms with van der Waals surface area (Å²) >= 11 is 0. The van der Waals surface area contributed by atoms with Crippen LogP contribution < -0.4 is 10.2 Å². The van der Waals surface area contributed by atoms with E-state index < -0.39 is 0 Å². The Kier molecular flexibility index (Phi) is 2.69. The molecule has 2 fully saturated rings. The average molecular weight is 228 g/mol. The van der Waals surface area contributed by atoms with E-state index in [9.17, 15) is 0 Å². The summed E-state index contributed by atoms with van der Waals surface area (Å²) in [5, 5.41) is 12.8. The Bertz CT molecular complexity index is 451. The van der Waals surface area contributed by atoms with E-state index in [4.69, 9.17) is 5.26 Å². The molecule has 0 aliphatic carbocycles. The molecule has 0 saturated carbocycles. The van der Waals surface area contributed by atoms with Crippen LogP contribution in [0.3, 0.4) is 0 Å². The molecule has 0 radical (unpaired) electrons. The van der Waals surface area contributed by atoms with Gasteiger partial charge in [-0.25, -0.2) is 0 Å². The van der Waals surface area contributed by atoms with Crippen LogP contribution in [-0.4, -0.2) is 30.2 Å². The first-order valence-electron chi connectivity index (χ1n) is 6.22. The Balaban J connectivity index is 1.86. The van der Waals surface area contributed by atoms with Gasteiger partial charge in [0.1, 0.15) is 6.07 Å². The minimum atomic E-state index is 0.578. The second kappa shape index (κ2) is 4.34. The molecule has 17 heavy (non-hydrogen) atoms. The van der Waals surface area contributed by atoms with Gasteiger partial charge in [-0.3, -0.25) is 4.98 Å². The van der Waals surface area contributed by atoms with E-state index >= 15 is 0 Å². The lowest BCUT2D eigenvalue weighted by Crippen LogP contribution is -2.35. The van der Waals surface area contributed by atoms with Crippen molar-refractivity contribution in [3.8, 4) is 6.07 Å². The maximum atomic E-state index is 9.13. The molecule has 4 nitrogen and oxygen atoms in total. The largest absolute Gasteiger partial charge is 0.368 e. The molecule has 1 aromatic heterocycles. The van der Waals surface area contributed by atoms with Crippen molar-refractivity contribution in [3.63, 3.8) is 0 Å². The van der Waals surface area contributed by atoms with Gasteiger partial charge < -0.3 is 10.2 Å². The fraction of sp³-hybridized carbons (Fsp3) is 0.538. The summed E-state index contributed by atoms with van der Waals surface area (Å²) in [7, 11) is 0. The summed E-state index contributed by atoms with van der Waals surface area (Å²) in [6.45, 7) is 2.02. The SMILES string of the molecule is N#Cc1ccncc1N1CCC2CCC(C1)N2. The third-order valence-electron chi connectivity index (χ3n) is 3.78. The fourth-order valence-corrected chi connectivity index (χ4v) is 2.89. The van der Waals surface area contributed by atoms with E-state index in [-0.39, 0.29) is 0 Å². The monoisotopic (exact) mass is 228 g/mol. The first-order chi connectivity index (χ1) is 8.36. The maximum Gasteiger partial charge on any atom is 0.101 e. The highest BCUT2D eigenvalue weighted by Crippen LogP contribution is 2.26. The number of rotatable bonds is 1. The zero-order valence-electron chi connectivity index (χ0n) is 9.76. The van der Waals surface area contributed by atoms with E-state index in [1.54, 1.807) is 12.3 Å². The van der Waals surface area contributed by atoms with E-state index in [1.807, 2.05) is 6.20 Å². The number of aromatic nitrogens is 1. The molecule has 0 amide bonds. The Morgan fingerprint density at radius 2 is 2.24 bits per heavy atom. The van der Waals surface area contributed by atoms with E-state index in [2.05, 4.69) is 21.3 Å². The molecular weight excluding hydrogens is 212 g/mol. The summed E-state index contributed by atoms with van der Waals surface area (Å²) < 4.78 is 0. The second-order valence-corrected chi connectivity index (χ2v) is 4.88. The van der Waals surface area contributed by atoms with Gasteiger partial charge in [0.05, 0.1) is 17.4 Å². The number of pyridine rings is 1. The van der Waals surface area contributed by atoms with Gasteiger partial charge in [0.15, 0.2) is 0 Å². The highest BCUT2D eigenvalue weighted by Gasteiger charge is 2.29. The molecule has 3 rings (SSSR count). The summed E-state index contributed by atoms with van der Waals surface area (Å²) in [6.07, 6.45) is 7.22. The molecule has 1 aromatic rings. The van der Waals surface area contributed by atoms with Gasteiger partial charge >= 0.3 is 0 Å². The topological polar surface area (TPSA) is 52.0 Å². The van der Waals surface area contributed by atoms with Gasteiger partial charge in [-0.2, -0.15) is 5.26 Å². The lowest BCUT2D eigenvalue weighted by Gasteiger charge is -2.26. The normalized spacial score (nSPS) is 27.6. The standard InChI is InChI=1S/C13H16N4/c14-7-10-3-5-15-8-13(10)17-6-4-11-1-2-12(9-17)16-11/h3,5,8,11-12,16H,1-2,4,6,9H2. The van der Waals surface area contributed by atoms with Crippen molar-refractivity contribution < 1.29 is 0 Å². The van der Waals surface area contributed by atoms with Crippen LogP contribution in [0.25, 0.3) is 0 Å².